The van der Waals surface area contributed by atoms with Crippen molar-refractivity contribution in [2.24, 2.45) is 0 Å². The third-order valence-corrected chi connectivity index (χ3v) is 6.41. The highest BCUT2D eigenvalue weighted by molar-refractivity contribution is 7.91. The molecule has 0 aliphatic rings. The second kappa shape index (κ2) is 6.91. The van der Waals surface area contributed by atoms with Gasteiger partial charge in [-0.2, -0.15) is 0 Å². The van der Waals surface area contributed by atoms with Crippen LogP contribution in [0.25, 0.3) is 21.8 Å². The first-order chi connectivity index (χ1) is 12.6. The van der Waals surface area contributed by atoms with Crippen molar-refractivity contribution < 1.29 is 21.6 Å². The second-order valence-electron chi connectivity index (χ2n) is 6.02. The van der Waals surface area contributed by atoms with Crippen LogP contribution >= 0.6 is 0 Å². The van der Waals surface area contributed by atoms with Gasteiger partial charge in [0.2, 0.25) is 10.0 Å². The first kappa shape index (κ1) is 19.3. The number of rotatable bonds is 6. The molecular weight excluding hydrogens is 392 g/mol. The van der Waals surface area contributed by atoms with Crippen LogP contribution < -0.4 is 10.0 Å². The van der Waals surface area contributed by atoms with Crippen molar-refractivity contribution in [2.45, 2.75) is 4.90 Å². The first-order valence-corrected chi connectivity index (χ1v) is 11.5. The second-order valence-corrected chi connectivity index (χ2v) is 10.0. The van der Waals surface area contributed by atoms with Crippen LogP contribution in [0.15, 0.2) is 35.4 Å². The molecule has 0 saturated carbocycles. The molecule has 0 bridgehead atoms. The quantitative estimate of drug-likeness (QED) is 0.538. The van der Waals surface area contributed by atoms with E-state index in [-0.39, 0.29) is 28.8 Å². The van der Waals surface area contributed by atoms with Gasteiger partial charge >= 0.3 is 0 Å². The van der Waals surface area contributed by atoms with Crippen molar-refractivity contribution in [3.63, 3.8) is 0 Å². The van der Waals surface area contributed by atoms with Gasteiger partial charge in [-0.15, -0.1) is 0 Å². The van der Waals surface area contributed by atoms with Gasteiger partial charge in [0.05, 0.1) is 16.2 Å². The van der Waals surface area contributed by atoms with Crippen LogP contribution in [0, 0.1) is 0 Å². The molecule has 0 unspecified atom stereocenters. The van der Waals surface area contributed by atoms with E-state index in [0.717, 1.165) is 6.26 Å². The average molecular weight is 410 g/mol. The van der Waals surface area contributed by atoms with E-state index < -0.39 is 19.9 Å². The van der Waals surface area contributed by atoms with Gasteiger partial charge in [-0.05, 0) is 24.3 Å². The summed E-state index contributed by atoms with van der Waals surface area (Å²) in [5, 5.41) is 3.79. The van der Waals surface area contributed by atoms with E-state index in [9.17, 15) is 21.6 Å². The van der Waals surface area contributed by atoms with E-state index in [4.69, 9.17) is 0 Å². The molecule has 1 aromatic carbocycles. The molecule has 0 fully saturated rings. The summed E-state index contributed by atoms with van der Waals surface area (Å²) >= 11 is 0. The fourth-order valence-corrected chi connectivity index (χ4v) is 4.36. The number of nitrogens with one attached hydrogen (secondary N) is 3. The maximum absolute atomic E-state index is 12.4. The summed E-state index contributed by atoms with van der Waals surface area (Å²) in [7, 11) is -5.65. The Bertz CT molecular complexity index is 1250. The molecule has 3 aromatic rings. The van der Waals surface area contributed by atoms with E-state index in [0.29, 0.717) is 21.8 Å². The molecule has 3 N–H and O–H groups in total. The van der Waals surface area contributed by atoms with Gasteiger partial charge in [-0.3, -0.25) is 4.79 Å². The number of sulfonamides is 1. The van der Waals surface area contributed by atoms with Gasteiger partial charge in [0.1, 0.15) is 9.84 Å². The Hall–Kier alpha value is -2.50. The van der Waals surface area contributed by atoms with Crippen molar-refractivity contribution in [3.8, 4) is 0 Å². The van der Waals surface area contributed by atoms with Crippen LogP contribution in [0.1, 0.15) is 10.5 Å². The third-order valence-electron chi connectivity index (χ3n) is 4.01. The largest absolute Gasteiger partial charge is 0.354 e. The van der Waals surface area contributed by atoms with E-state index in [1.54, 1.807) is 12.1 Å². The van der Waals surface area contributed by atoms with Gasteiger partial charge < -0.3 is 10.3 Å². The van der Waals surface area contributed by atoms with Gasteiger partial charge in [0.15, 0.2) is 5.69 Å². The Morgan fingerprint density at radius 2 is 1.89 bits per heavy atom. The lowest BCUT2D eigenvalue weighted by atomic mass is 10.1. The zero-order valence-corrected chi connectivity index (χ0v) is 16.2. The fraction of sp³-hybridized carbons (Fsp3) is 0.250. The van der Waals surface area contributed by atoms with Gasteiger partial charge in [-0.25, -0.2) is 26.5 Å². The third kappa shape index (κ3) is 3.94. The molecule has 0 aliphatic carbocycles. The van der Waals surface area contributed by atoms with E-state index in [1.165, 1.54) is 25.4 Å². The van der Waals surface area contributed by atoms with E-state index >= 15 is 0 Å². The number of sulfone groups is 1. The predicted octanol–water partition coefficient (Wildman–Crippen LogP) is 0.399. The number of benzene rings is 1. The lowest BCUT2D eigenvalue weighted by Crippen LogP contribution is -2.28. The molecule has 144 valence electrons. The minimum atomic E-state index is -3.88. The van der Waals surface area contributed by atoms with Crippen LogP contribution in [0.2, 0.25) is 0 Å². The Morgan fingerprint density at radius 1 is 1.15 bits per heavy atom. The number of nitrogens with zero attached hydrogens (tertiary/aromatic N) is 1. The van der Waals surface area contributed by atoms with Crippen LogP contribution in [0.3, 0.4) is 0 Å². The Balaban J connectivity index is 2.04. The van der Waals surface area contributed by atoms with E-state index in [1.807, 2.05) is 0 Å². The smallest absolute Gasteiger partial charge is 0.271 e. The lowest BCUT2D eigenvalue weighted by molar-refractivity contribution is 0.0960. The predicted molar refractivity (Wildman–Crippen MR) is 102 cm³/mol. The molecule has 2 aromatic heterocycles. The summed E-state index contributed by atoms with van der Waals surface area (Å²) in [6, 6.07) is 6.17. The monoisotopic (exact) mass is 410 g/mol. The van der Waals surface area contributed by atoms with Crippen molar-refractivity contribution in [1.29, 1.82) is 0 Å². The number of carbonyl (C=O) groups is 1. The number of aromatic nitrogens is 2. The first-order valence-electron chi connectivity index (χ1n) is 7.92. The molecule has 11 heteroatoms. The molecular formula is C16H18N4O5S2. The SMILES string of the molecule is CNC(=O)c1nccc2c1[nH]c1ccc(S(=O)(=O)NCCS(C)(=O)=O)cc12. The minimum absolute atomic E-state index is 0.00251. The normalized spacial score (nSPS) is 12.5. The lowest BCUT2D eigenvalue weighted by Gasteiger charge is -2.06. The van der Waals surface area contributed by atoms with Gasteiger partial charge in [0.25, 0.3) is 5.91 Å². The van der Waals surface area contributed by atoms with Crippen LogP contribution in [-0.4, -0.2) is 58.3 Å². The number of H-pyrrole nitrogens is 1. The maximum atomic E-state index is 12.4. The molecule has 0 aliphatic heterocycles. The molecule has 0 saturated heterocycles. The van der Waals surface area contributed by atoms with Crippen molar-refractivity contribution in [3.05, 3.63) is 36.2 Å². The summed E-state index contributed by atoms with van der Waals surface area (Å²) in [4.78, 5) is 19.1. The number of pyridine rings is 1. The molecule has 9 nitrogen and oxygen atoms in total. The maximum Gasteiger partial charge on any atom is 0.271 e. The molecule has 2 heterocycles. The zero-order chi connectivity index (χ0) is 19.8. The summed E-state index contributed by atoms with van der Waals surface area (Å²) < 4.78 is 49.5. The summed E-state index contributed by atoms with van der Waals surface area (Å²) in [6.45, 7) is -0.210. The van der Waals surface area contributed by atoms with E-state index in [2.05, 4.69) is 20.0 Å². The van der Waals surface area contributed by atoms with Crippen molar-refractivity contribution >= 4 is 47.6 Å². The fourth-order valence-electron chi connectivity index (χ4n) is 2.71. The Morgan fingerprint density at radius 3 is 2.56 bits per heavy atom. The number of fused-ring (bicyclic) bond motifs is 3. The highest BCUT2D eigenvalue weighted by Crippen LogP contribution is 2.28. The number of hydrogen-bond donors (Lipinski definition) is 3. The zero-order valence-electron chi connectivity index (χ0n) is 14.6. The van der Waals surface area contributed by atoms with Gasteiger partial charge in [-0.1, -0.05) is 0 Å². The molecule has 0 radical (unpaired) electrons. The average Bonchev–Trinajstić information content (AvgIpc) is 2.97. The van der Waals surface area contributed by atoms with Crippen molar-refractivity contribution in [2.75, 3.05) is 25.6 Å². The van der Waals surface area contributed by atoms with Crippen LogP contribution in [-0.2, 0) is 19.9 Å². The molecule has 0 atom stereocenters. The van der Waals surface area contributed by atoms with Crippen LogP contribution in [0.5, 0.6) is 0 Å². The molecule has 27 heavy (non-hydrogen) atoms. The number of amides is 1. The topological polar surface area (TPSA) is 138 Å². The highest BCUT2D eigenvalue weighted by atomic mass is 32.2. The molecule has 1 amide bonds. The molecule has 3 rings (SSSR count). The minimum Gasteiger partial charge on any atom is -0.354 e. The summed E-state index contributed by atoms with van der Waals surface area (Å²) in [5.74, 6) is -0.648. The highest BCUT2D eigenvalue weighted by Gasteiger charge is 2.18. The molecule has 0 spiro atoms. The number of hydrogen-bond acceptors (Lipinski definition) is 6. The Kier molecular flexibility index (Phi) is 4.93. The van der Waals surface area contributed by atoms with Crippen molar-refractivity contribution in [1.82, 2.24) is 20.0 Å². The van der Waals surface area contributed by atoms with Crippen LogP contribution in [0.4, 0.5) is 0 Å². The summed E-state index contributed by atoms with van der Waals surface area (Å²) in [6.07, 6.45) is 2.52. The Labute approximate surface area is 156 Å². The standard InChI is InChI=1S/C16H18N4O5S2/c1-17-16(21)15-14-11(5-6-18-15)12-9-10(3-4-13(12)20-14)27(24,25)19-7-8-26(2,22)23/h3-6,9,19-20H,7-8H2,1-2H3,(H,17,21). The van der Waals surface area contributed by atoms with Gasteiger partial charge in [0, 0.05) is 42.3 Å². The number of carbonyl (C=O) groups excluding carboxylic acids is 1. The summed E-state index contributed by atoms with van der Waals surface area (Å²) in [5.41, 5.74) is 1.37. The number of aromatic amines is 1.